The molecule has 5 nitrogen and oxygen atoms in total. The first kappa shape index (κ1) is 20.9. The van der Waals surface area contributed by atoms with Gasteiger partial charge in [-0.2, -0.15) is 13.2 Å². The van der Waals surface area contributed by atoms with Crippen molar-refractivity contribution in [2.75, 3.05) is 0 Å². The number of carbonyl (C=O) groups excluding carboxylic acids is 1. The number of esters is 1. The summed E-state index contributed by atoms with van der Waals surface area (Å²) in [6.07, 6.45) is -2.17. The molecule has 0 radical (unpaired) electrons. The summed E-state index contributed by atoms with van der Waals surface area (Å²) in [5.41, 5.74) is -0.404. The Hall–Kier alpha value is -2.12. The lowest BCUT2D eigenvalue weighted by Crippen LogP contribution is -2.33. The summed E-state index contributed by atoms with van der Waals surface area (Å²) in [6.45, 7) is 2.05. The first-order valence-corrected chi connectivity index (χ1v) is 8.28. The molecular formula is C17H22F3NO4. The Bertz CT molecular complexity index is 558. The lowest BCUT2D eigenvalue weighted by atomic mass is 10.1. The van der Waals surface area contributed by atoms with Crippen molar-refractivity contribution < 1.29 is 27.6 Å². The number of ether oxygens (including phenoxy) is 1. The Labute approximate surface area is 144 Å². The molecule has 0 bridgehead atoms. The van der Waals surface area contributed by atoms with E-state index < -0.39 is 23.2 Å². The predicted octanol–water partition coefficient (Wildman–Crippen LogP) is 5.43. The number of benzene rings is 1. The smallest absolute Gasteiger partial charge is 0.425 e. The maximum Gasteiger partial charge on any atom is 0.425 e. The molecule has 25 heavy (non-hydrogen) atoms. The first-order chi connectivity index (χ1) is 11.8. The van der Waals surface area contributed by atoms with Crippen LogP contribution in [0.15, 0.2) is 24.3 Å². The highest BCUT2D eigenvalue weighted by Crippen LogP contribution is 2.28. The van der Waals surface area contributed by atoms with Gasteiger partial charge in [-0.15, -0.1) is 0 Å². The second kappa shape index (κ2) is 10.0. The fourth-order valence-corrected chi connectivity index (χ4v) is 2.32. The summed E-state index contributed by atoms with van der Waals surface area (Å²) in [7, 11) is 0. The first-order valence-electron chi connectivity index (χ1n) is 8.28. The average molecular weight is 361 g/mol. The van der Waals surface area contributed by atoms with E-state index in [2.05, 4.69) is 11.7 Å². The largest absolute Gasteiger partial charge is 0.449 e. The van der Waals surface area contributed by atoms with Gasteiger partial charge in [0.05, 0.1) is 10.5 Å². The molecule has 0 spiro atoms. The maximum absolute atomic E-state index is 13.0. The summed E-state index contributed by atoms with van der Waals surface area (Å²) in [6, 6.07) is 4.26. The van der Waals surface area contributed by atoms with Gasteiger partial charge in [-0.3, -0.25) is 10.1 Å². The van der Waals surface area contributed by atoms with Gasteiger partial charge in [0.2, 0.25) is 0 Å². The van der Waals surface area contributed by atoms with Crippen LogP contribution in [0.5, 0.6) is 0 Å². The number of non-ortho nitro benzene ring substituents is 1. The third-order valence-electron chi connectivity index (χ3n) is 3.75. The molecule has 0 aliphatic carbocycles. The lowest BCUT2D eigenvalue weighted by molar-refractivity contribution is -0.384. The molecule has 1 atom stereocenters. The van der Waals surface area contributed by atoms with Crippen molar-refractivity contribution in [3.05, 3.63) is 39.9 Å². The van der Waals surface area contributed by atoms with E-state index in [9.17, 15) is 28.1 Å². The Morgan fingerprint density at radius 2 is 1.68 bits per heavy atom. The fourth-order valence-electron chi connectivity index (χ4n) is 2.32. The van der Waals surface area contributed by atoms with E-state index >= 15 is 0 Å². The Morgan fingerprint density at radius 1 is 1.12 bits per heavy atom. The molecule has 0 fully saturated rings. The van der Waals surface area contributed by atoms with Crippen LogP contribution in [0.2, 0.25) is 0 Å². The van der Waals surface area contributed by atoms with Crippen molar-refractivity contribution in [3.63, 3.8) is 0 Å². The molecular weight excluding hydrogens is 339 g/mol. The van der Waals surface area contributed by atoms with E-state index in [0.29, 0.717) is 12.8 Å². The number of nitrogens with zero attached hydrogens (tertiary/aromatic N) is 1. The number of hydrogen-bond donors (Lipinski definition) is 0. The molecule has 1 unspecified atom stereocenters. The molecule has 0 aromatic heterocycles. The zero-order chi connectivity index (χ0) is 18.9. The molecule has 1 aromatic carbocycles. The van der Waals surface area contributed by atoms with Gasteiger partial charge in [0.25, 0.3) is 5.69 Å². The van der Waals surface area contributed by atoms with Gasteiger partial charge in [0, 0.05) is 12.1 Å². The van der Waals surface area contributed by atoms with E-state index in [-0.39, 0.29) is 17.7 Å². The maximum atomic E-state index is 13.0. The van der Waals surface area contributed by atoms with Crippen LogP contribution in [0.3, 0.4) is 0 Å². The normalized spacial score (nSPS) is 12.6. The zero-order valence-electron chi connectivity index (χ0n) is 14.1. The average Bonchev–Trinajstić information content (AvgIpc) is 2.55. The fraction of sp³-hybridized carbons (Fsp3) is 0.588. The molecule has 0 aliphatic heterocycles. The predicted molar refractivity (Wildman–Crippen MR) is 86.3 cm³/mol. The highest BCUT2D eigenvalue weighted by atomic mass is 19.4. The van der Waals surface area contributed by atoms with Gasteiger partial charge in [-0.1, -0.05) is 39.0 Å². The zero-order valence-corrected chi connectivity index (χ0v) is 14.1. The van der Waals surface area contributed by atoms with Gasteiger partial charge in [0.15, 0.2) is 6.10 Å². The molecule has 0 aliphatic rings. The lowest BCUT2D eigenvalue weighted by Gasteiger charge is -2.20. The van der Waals surface area contributed by atoms with Gasteiger partial charge in [-0.25, -0.2) is 4.79 Å². The van der Waals surface area contributed by atoms with Crippen LogP contribution in [0, 0.1) is 10.1 Å². The van der Waals surface area contributed by atoms with Crippen molar-refractivity contribution in [1.82, 2.24) is 0 Å². The van der Waals surface area contributed by atoms with E-state index in [1.807, 2.05) is 0 Å². The van der Waals surface area contributed by atoms with Gasteiger partial charge < -0.3 is 4.74 Å². The monoisotopic (exact) mass is 361 g/mol. The van der Waals surface area contributed by atoms with Crippen LogP contribution < -0.4 is 0 Å². The second-order valence-corrected chi connectivity index (χ2v) is 5.80. The Kier molecular flexibility index (Phi) is 8.37. The van der Waals surface area contributed by atoms with Crippen LogP contribution >= 0.6 is 0 Å². The second-order valence-electron chi connectivity index (χ2n) is 5.80. The molecule has 1 aromatic rings. The SMILES string of the molecule is CCCCCCCCC(OC(=O)c1ccc([N+](=O)[O-])cc1)C(F)(F)F. The van der Waals surface area contributed by atoms with E-state index in [4.69, 9.17) is 0 Å². The minimum absolute atomic E-state index is 0.150. The minimum Gasteiger partial charge on any atom is -0.449 e. The highest BCUT2D eigenvalue weighted by molar-refractivity contribution is 5.89. The summed E-state index contributed by atoms with van der Waals surface area (Å²) in [5.74, 6) is -1.14. The van der Waals surface area contributed by atoms with Crippen molar-refractivity contribution >= 4 is 11.7 Å². The van der Waals surface area contributed by atoms with Gasteiger partial charge in [-0.05, 0) is 25.0 Å². The van der Waals surface area contributed by atoms with E-state index in [1.54, 1.807) is 0 Å². The topological polar surface area (TPSA) is 69.4 Å². The standard InChI is InChI=1S/C17H22F3NO4/c1-2-3-4-5-6-7-8-15(17(18,19)20)25-16(22)13-9-11-14(12-10-13)21(23)24/h9-12,15H,2-8H2,1H3. The van der Waals surface area contributed by atoms with E-state index in [0.717, 1.165) is 49.9 Å². The van der Waals surface area contributed by atoms with Crippen LogP contribution in [-0.2, 0) is 4.74 Å². The minimum atomic E-state index is -4.64. The molecule has 0 heterocycles. The molecule has 0 N–H and O–H groups in total. The quantitative estimate of drug-likeness (QED) is 0.241. The number of rotatable bonds is 10. The number of nitro benzene ring substituents is 1. The van der Waals surface area contributed by atoms with Gasteiger partial charge >= 0.3 is 12.1 Å². The Balaban J connectivity index is 2.59. The molecule has 1 rings (SSSR count). The van der Waals surface area contributed by atoms with Crippen molar-refractivity contribution in [1.29, 1.82) is 0 Å². The summed E-state index contributed by atoms with van der Waals surface area (Å²) < 4.78 is 43.7. The van der Waals surface area contributed by atoms with E-state index in [1.165, 1.54) is 0 Å². The third kappa shape index (κ3) is 7.53. The number of halogens is 3. The number of hydrogen-bond acceptors (Lipinski definition) is 4. The van der Waals surface area contributed by atoms with Crippen molar-refractivity contribution in [2.45, 2.75) is 64.1 Å². The van der Waals surface area contributed by atoms with Crippen molar-refractivity contribution in [2.24, 2.45) is 0 Å². The molecule has 140 valence electrons. The summed E-state index contributed by atoms with van der Waals surface area (Å²) in [4.78, 5) is 21.7. The molecule has 0 saturated heterocycles. The van der Waals surface area contributed by atoms with Crippen LogP contribution in [0.4, 0.5) is 18.9 Å². The number of carbonyl (C=O) groups is 1. The van der Waals surface area contributed by atoms with Crippen LogP contribution in [-0.4, -0.2) is 23.2 Å². The third-order valence-corrected chi connectivity index (χ3v) is 3.75. The van der Waals surface area contributed by atoms with Crippen LogP contribution in [0.25, 0.3) is 0 Å². The molecule has 0 saturated carbocycles. The number of nitro groups is 1. The number of unbranched alkanes of at least 4 members (excludes halogenated alkanes) is 5. The van der Waals surface area contributed by atoms with Crippen molar-refractivity contribution in [3.8, 4) is 0 Å². The molecule has 8 heteroatoms. The van der Waals surface area contributed by atoms with Gasteiger partial charge in [0.1, 0.15) is 0 Å². The Morgan fingerprint density at radius 3 is 2.20 bits per heavy atom. The number of alkyl halides is 3. The molecule has 0 amide bonds. The summed E-state index contributed by atoms with van der Waals surface area (Å²) in [5, 5.41) is 10.5. The summed E-state index contributed by atoms with van der Waals surface area (Å²) >= 11 is 0. The van der Waals surface area contributed by atoms with Crippen LogP contribution in [0.1, 0.15) is 62.2 Å². The highest BCUT2D eigenvalue weighted by Gasteiger charge is 2.42.